The van der Waals surface area contributed by atoms with Crippen LogP contribution in [0.4, 0.5) is 4.79 Å². The van der Waals surface area contributed by atoms with Gasteiger partial charge in [-0.05, 0) is 19.8 Å². The van der Waals surface area contributed by atoms with Crippen LogP contribution >= 0.6 is 0 Å². The normalized spacial score (nSPS) is 12.8. The number of carbonyl (C=O) groups excluding carboxylic acids is 2. The summed E-state index contributed by atoms with van der Waals surface area (Å²) in [6.45, 7) is 1.27. The van der Waals surface area contributed by atoms with Crippen molar-refractivity contribution in [2.24, 2.45) is 0 Å². The van der Waals surface area contributed by atoms with Gasteiger partial charge in [-0.3, -0.25) is 4.79 Å². The predicted molar refractivity (Wildman–Crippen MR) is 71.3 cm³/mol. The van der Waals surface area contributed by atoms with Gasteiger partial charge in [-0.2, -0.15) is 0 Å². The van der Waals surface area contributed by atoms with E-state index in [0.29, 0.717) is 0 Å². The molecule has 0 rings (SSSR count). The number of hydrogen-bond donors (Lipinski definition) is 5. The van der Waals surface area contributed by atoms with E-state index in [0.717, 1.165) is 0 Å². The van der Waals surface area contributed by atoms with E-state index >= 15 is 0 Å². The van der Waals surface area contributed by atoms with Crippen molar-refractivity contribution in [2.75, 3.05) is 0 Å². The molecule has 0 aliphatic rings. The van der Waals surface area contributed by atoms with Crippen molar-refractivity contribution in [3.63, 3.8) is 0 Å². The number of carboxylic acids is 3. The van der Waals surface area contributed by atoms with Crippen LogP contribution in [0.2, 0.25) is 0 Å². The molecule has 0 aliphatic carbocycles. The van der Waals surface area contributed by atoms with Gasteiger partial charge in [0, 0.05) is 12.8 Å². The van der Waals surface area contributed by atoms with E-state index < -0.39 is 42.4 Å². The Morgan fingerprint density at radius 1 is 0.818 bits per heavy atom. The zero-order chi connectivity index (χ0) is 17.3. The van der Waals surface area contributed by atoms with Crippen LogP contribution in [-0.2, 0) is 19.2 Å². The third kappa shape index (κ3) is 8.51. The standard InChI is InChI=1S/C12H18N2O8/c1-6(15)2-3-7(10(18)19)13-12(22)14-8(11(20)21)4-5-9(16)17/h7-8H,2-5H2,1H3,(H,16,17)(H,18,19)(H,20,21)(H2,13,14,22)/t7-,8-/m0/s1. The van der Waals surface area contributed by atoms with E-state index in [1.807, 2.05) is 10.6 Å². The summed E-state index contributed by atoms with van der Waals surface area (Å²) < 4.78 is 0. The fourth-order valence-corrected chi connectivity index (χ4v) is 1.49. The molecule has 22 heavy (non-hydrogen) atoms. The van der Waals surface area contributed by atoms with Crippen molar-refractivity contribution in [3.05, 3.63) is 0 Å². The third-order valence-corrected chi connectivity index (χ3v) is 2.64. The Balaban J connectivity index is 4.57. The molecule has 0 aromatic heterocycles. The highest BCUT2D eigenvalue weighted by atomic mass is 16.4. The summed E-state index contributed by atoms with van der Waals surface area (Å²) in [4.78, 5) is 54.6. The maximum atomic E-state index is 11.6. The molecule has 0 bridgehead atoms. The van der Waals surface area contributed by atoms with Gasteiger partial charge in [-0.15, -0.1) is 0 Å². The number of carbonyl (C=O) groups is 5. The van der Waals surface area contributed by atoms with Crippen molar-refractivity contribution in [1.29, 1.82) is 0 Å². The van der Waals surface area contributed by atoms with Gasteiger partial charge in [0.2, 0.25) is 0 Å². The highest BCUT2D eigenvalue weighted by Crippen LogP contribution is 2.01. The summed E-state index contributed by atoms with van der Waals surface area (Å²) in [7, 11) is 0. The molecular weight excluding hydrogens is 300 g/mol. The van der Waals surface area contributed by atoms with Crippen molar-refractivity contribution in [3.8, 4) is 0 Å². The minimum absolute atomic E-state index is 0.0569. The van der Waals surface area contributed by atoms with Crippen LogP contribution in [0.3, 0.4) is 0 Å². The van der Waals surface area contributed by atoms with E-state index in [2.05, 4.69) is 0 Å². The zero-order valence-corrected chi connectivity index (χ0v) is 11.9. The quantitative estimate of drug-likeness (QED) is 0.356. The molecule has 0 aromatic rings. The lowest BCUT2D eigenvalue weighted by atomic mass is 10.1. The molecule has 5 N–H and O–H groups in total. The fourth-order valence-electron chi connectivity index (χ4n) is 1.49. The lowest BCUT2D eigenvalue weighted by Crippen LogP contribution is -2.51. The average Bonchev–Trinajstić information content (AvgIpc) is 2.38. The van der Waals surface area contributed by atoms with E-state index in [1.54, 1.807) is 0 Å². The molecule has 124 valence electrons. The Morgan fingerprint density at radius 3 is 1.55 bits per heavy atom. The number of amides is 2. The van der Waals surface area contributed by atoms with E-state index in [-0.39, 0.29) is 25.0 Å². The summed E-state index contributed by atoms with van der Waals surface area (Å²) in [6, 6.07) is -3.87. The molecule has 0 heterocycles. The summed E-state index contributed by atoms with van der Waals surface area (Å²) in [5.41, 5.74) is 0. The number of rotatable bonds is 10. The number of aliphatic carboxylic acids is 3. The predicted octanol–water partition coefficient (Wildman–Crippen LogP) is -0.574. The molecule has 0 aliphatic heterocycles. The minimum atomic E-state index is -1.46. The van der Waals surface area contributed by atoms with Gasteiger partial charge >= 0.3 is 23.9 Å². The lowest BCUT2D eigenvalue weighted by molar-refractivity contribution is -0.141. The Morgan fingerprint density at radius 2 is 1.23 bits per heavy atom. The van der Waals surface area contributed by atoms with E-state index in [4.69, 9.17) is 15.3 Å². The first kappa shape index (κ1) is 19.4. The molecule has 0 spiro atoms. The monoisotopic (exact) mass is 318 g/mol. The number of Topliss-reactive ketones (excluding diaryl/α,β-unsaturated/α-hetero) is 1. The molecule has 0 fully saturated rings. The fraction of sp³-hybridized carbons (Fsp3) is 0.583. The first-order valence-electron chi connectivity index (χ1n) is 6.37. The van der Waals surface area contributed by atoms with Gasteiger partial charge in [0.25, 0.3) is 0 Å². The molecule has 2 amide bonds. The third-order valence-electron chi connectivity index (χ3n) is 2.64. The highest BCUT2D eigenvalue weighted by molar-refractivity contribution is 5.86. The van der Waals surface area contributed by atoms with Crippen molar-refractivity contribution in [2.45, 2.75) is 44.7 Å². The summed E-state index contributed by atoms with van der Waals surface area (Å²) >= 11 is 0. The van der Waals surface area contributed by atoms with Crippen molar-refractivity contribution in [1.82, 2.24) is 10.6 Å². The van der Waals surface area contributed by atoms with Gasteiger partial charge in [-0.1, -0.05) is 0 Å². The average molecular weight is 318 g/mol. The minimum Gasteiger partial charge on any atom is -0.481 e. The van der Waals surface area contributed by atoms with Crippen LogP contribution in [0.25, 0.3) is 0 Å². The van der Waals surface area contributed by atoms with Crippen LogP contribution < -0.4 is 10.6 Å². The molecule has 0 aromatic carbocycles. The van der Waals surface area contributed by atoms with Crippen LogP contribution in [0, 0.1) is 0 Å². The Labute approximate surface area is 125 Å². The first-order chi connectivity index (χ1) is 10.1. The Hall–Kier alpha value is -2.65. The SMILES string of the molecule is CC(=O)CC[C@H](NC(=O)N[C@@H](CCC(=O)O)C(=O)O)C(=O)O. The van der Waals surface area contributed by atoms with Gasteiger partial charge in [-0.25, -0.2) is 14.4 Å². The summed E-state index contributed by atoms with van der Waals surface area (Å²) in [6.07, 6.45) is -1.00. The molecule has 0 radical (unpaired) electrons. The molecular formula is C12H18N2O8. The zero-order valence-electron chi connectivity index (χ0n) is 11.9. The highest BCUT2D eigenvalue weighted by Gasteiger charge is 2.24. The number of carboxylic acid groups (broad SMARTS) is 3. The number of ketones is 1. The van der Waals surface area contributed by atoms with Crippen molar-refractivity contribution >= 4 is 29.7 Å². The second-order valence-corrected chi connectivity index (χ2v) is 4.57. The molecule has 0 saturated carbocycles. The van der Waals surface area contributed by atoms with Crippen LogP contribution in [0.5, 0.6) is 0 Å². The van der Waals surface area contributed by atoms with Crippen molar-refractivity contribution < 1.29 is 39.3 Å². The molecule has 2 atom stereocenters. The van der Waals surface area contributed by atoms with Crippen LogP contribution in [0.1, 0.15) is 32.6 Å². The Kier molecular flexibility index (Phi) is 8.19. The van der Waals surface area contributed by atoms with E-state index in [1.165, 1.54) is 6.92 Å². The van der Waals surface area contributed by atoms with Crippen LogP contribution in [0.15, 0.2) is 0 Å². The molecule has 10 nitrogen and oxygen atoms in total. The first-order valence-corrected chi connectivity index (χ1v) is 6.37. The largest absolute Gasteiger partial charge is 0.481 e. The number of urea groups is 1. The maximum absolute atomic E-state index is 11.6. The van der Waals surface area contributed by atoms with Gasteiger partial charge in [0.05, 0.1) is 0 Å². The van der Waals surface area contributed by atoms with E-state index in [9.17, 15) is 24.0 Å². The van der Waals surface area contributed by atoms with Crippen LogP contribution in [-0.4, -0.2) is 57.1 Å². The Bertz CT molecular complexity index is 422. The van der Waals surface area contributed by atoms with Gasteiger partial charge in [0.15, 0.2) is 0 Å². The maximum Gasteiger partial charge on any atom is 0.326 e. The molecule has 0 unspecified atom stereocenters. The molecule has 10 heteroatoms. The summed E-state index contributed by atoms with van der Waals surface area (Å²) in [5.74, 6) is -4.28. The van der Waals surface area contributed by atoms with Gasteiger partial charge < -0.3 is 30.7 Å². The lowest BCUT2D eigenvalue weighted by Gasteiger charge is -2.18. The smallest absolute Gasteiger partial charge is 0.326 e. The second kappa shape index (κ2) is 9.32. The molecule has 0 saturated heterocycles. The second-order valence-electron chi connectivity index (χ2n) is 4.57. The topological polar surface area (TPSA) is 170 Å². The number of nitrogens with one attached hydrogen (secondary N) is 2. The number of hydrogen-bond acceptors (Lipinski definition) is 5. The summed E-state index contributed by atoms with van der Waals surface area (Å²) in [5, 5.41) is 30.3. The van der Waals surface area contributed by atoms with Gasteiger partial charge in [0.1, 0.15) is 17.9 Å².